The summed E-state index contributed by atoms with van der Waals surface area (Å²) in [5.74, 6) is 0. The average molecular weight is 645 g/mol. The molecular weight excluding hydrogens is 607 g/mol. The molecular formula is C48H31NO. The molecule has 10 rings (SSSR count). The number of hydrogen-bond acceptors (Lipinski definition) is 2. The molecule has 0 N–H and O–H groups in total. The molecule has 0 fully saturated rings. The van der Waals surface area contributed by atoms with Crippen molar-refractivity contribution in [2.75, 3.05) is 4.90 Å². The molecule has 9 aromatic carbocycles. The van der Waals surface area contributed by atoms with Gasteiger partial charge in [-0.15, -0.1) is 0 Å². The second kappa shape index (κ2) is 11.5. The Balaban J connectivity index is 1.22. The van der Waals surface area contributed by atoms with Crippen LogP contribution in [0.4, 0.5) is 17.1 Å². The Bertz CT molecular complexity index is 3270. The van der Waals surface area contributed by atoms with Gasteiger partial charge in [0, 0.05) is 32.9 Å². The van der Waals surface area contributed by atoms with Gasteiger partial charge in [-0.1, -0.05) is 139 Å². The summed E-state index contributed by atoms with van der Waals surface area (Å²) in [7, 11) is 0. The summed E-state index contributed by atoms with van der Waals surface area (Å²) in [4.78, 5) is 1.78. The molecule has 0 saturated heterocycles. The molecule has 0 atom stereocenters. The lowest BCUT2D eigenvalue weighted by Crippen LogP contribution is -2.10. The smallest absolute Gasteiger partial charge is 0.143 e. The monoisotopic (exact) mass is 644 g/mol. The lowest BCUT2D eigenvalue weighted by Gasteiger charge is -2.27. The fourth-order valence-electron chi connectivity index (χ4n) is 7.15. The third-order valence-electron chi connectivity index (χ3n) is 9.53. The van der Waals surface area contributed by atoms with Crippen LogP contribution in [0, 0.1) is 0 Å². The van der Waals surface area contributed by atoms with Crippen molar-refractivity contribution in [1.82, 2.24) is 0 Å². The van der Waals surface area contributed by atoms with E-state index in [2.05, 4.69) is 54.6 Å². The van der Waals surface area contributed by atoms with Gasteiger partial charge in [0.15, 0.2) is 0 Å². The van der Waals surface area contributed by atoms with E-state index in [9.17, 15) is 1.37 Å². The molecule has 0 aliphatic heterocycles. The van der Waals surface area contributed by atoms with Crippen LogP contribution in [-0.2, 0) is 0 Å². The Morgan fingerprint density at radius 2 is 1.20 bits per heavy atom. The highest BCUT2D eigenvalue weighted by Gasteiger charge is 2.19. The topological polar surface area (TPSA) is 16.4 Å². The molecule has 2 nitrogen and oxygen atoms in total. The summed E-state index contributed by atoms with van der Waals surface area (Å²) < 4.78 is 68.5. The molecule has 0 radical (unpaired) electrons. The third-order valence-corrected chi connectivity index (χ3v) is 9.53. The van der Waals surface area contributed by atoms with Gasteiger partial charge in [0.25, 0.3) is 0 Å². The van der Waals surface area contributed by atoms with E-state index >= 15 is 0 Å². The largest absolute Gasteiger partial charge is 0.455 e. The van der Waals surface area contributed by atoms with E-state index in [1.807, 2.05) is 91.0 Å². The minimum atomic E-state index is -0.495. The molecule has 10 aromatic rings. The van der Waals surface area contributed by atoms with E-state index in [0.29, 0.717) is 11.4 Å². The quantitative estimate of drug-likeness (QED) is 0.185. The van der Waals surface area contributed by atoms with Crippen LogP contribution in [-0.4, -0.2) is 0 Å². The van der Waals surface area contributed by atoms with Gasteiger partial charge in [-0.3, -0.25) is 0 Å². The highest BCUT2D eigenvalue weighted by atomic mass is 16.3. The Labute approximate surface area is 299 Å². The number of rotatable bonds is 5. The molecule has 0 unspecified atom stereocenters. The molecule has 1 heterocycles. The van der Waals surface area contributed by atoms with Crippen molar-refractivity contribution in [3.63, 3.8) is 0 Å². The van der Waals surface area contributed by atoms with Crippen LogP contribution in [0.2, 0.25) is 0 Å². The second-order valence-electron chi connectivity index (χ2n) is 12.4. The van der Waals surface area contributed by atoms with Gasteiger partial charge in [0.2, 0.25) is 0 Å². The molecule has 0 saturated carbocycles. The molecule has 50 heavy (non-hydrogen) atoms. The van der Waals surface area contributed by atoms with E-state index in [4.69, 9.17) is 12.6 Å². The highest BCUT2D eigenvalue weighted by molar-refractivity contribution is 6.19. The standard InChI is InChI=1S/C48H31NO/c1-2-13-36-30-37(23-22-32(36)10-1)33-24-27-39(28-25-33)49(45-20-8-14-34-11-3-5-17-41(34)45)40-16-7-15-38(31-40)42-19-9-21-46-47(42)44-29-26-35-12-4-6-18-43(35)48(44)50-46/h1-31H/i3D,5D,8D,11D,14D,17D,20D. The van der Waals surface area contributed by atoms with Crippen molar-refractivity contribution < 1.29 is 14.0 Å². The van der Waals surface area contributed by atoms with Crippen molar-refractivity contribution in [3.8, 4) is 22.3 Å². The zero-order chi connectivity index (χ0) is 39.1. The van der Waals surface area contributed by atoms with Crippen molar-refractivity contribution in [1.29, 1.82) is 0 Å². The van der Waals surface area contributed by atoms with Crippen LogP contribution in [0.1, 0.15) is 9.60 Å². The first-order chi connectivity index (χ1) is 27.7. The summed E-state index contributed by atoms with van der Waals surface area (Å²) in [6.45, 7) is 0. The summed E-state index contributed by atoms with van der Waals surface area (Å²) in [6.07, 6.45) is 0. The summed E-state index contributed by atoms with van der Waals surface area (Å²) in [6, 6.07) is 45.4. The van der Waals surface area contributed by atoms with Gasteiger partial charge in [-0.25, -0.2) is 0 Å². The van der Waals surface area contributed by atoms with Crippen molar-refractivity contribution in [2.45, 2.75) is 0 Å². The Morgan fingerprint density at radius 3 is 2.12 bits per heavy atom. The second-order valence-corrected chi connectivity index (χ2v) is 12.4. The number of benzene rings is 9. The summed E-state index contributed by atoms with van der Waals surface area (Å²) in [5, 5.41) is 6.19. The first-order valence-electron chi connectivity index (χ1n) is 20.0. The summed E-state index contributed by atoms with van der Waals surface area (Å²) in [5.41, 5.74) is 6.60. The van der Waals surface area contributed by atoms with Crippen LogP contribution in [0.3, 0.4) is 0 Å². The fourth-order valence-corrected chi connectivity index (χ4v) is 7.15. The van der Waals surface area contributed by atoms with Gasteiger partial charge in [-0.2, -0.15) is 0 Å². The van der Waals surface area contributed by atoms with E-state index in [1.165, 1.54) is 0 Å². The lowest BCUT2D eigenvalue weighted by atomic mass is 9.97. The molecule has 234 valence electrons. The summed E-state index contributed by atoms with van der Waals surface area (Å²) >= 11 is 0. The maximum atomic E-state index is 9.34. The number of fused-ring (bicyclic) bond motifs is 7. The van der Waals surface area contributed by atoms with Crippen LogP contribution in [0.15, 0.2) is 192 Å². The van der Waals surface area contributed by atoms with Gasteiger partial charge in [0.1, 0.15) is 11.2 Å². The molecule has 0 bridgehead atoms. The third kappa shape index (κ3) is 4.65. The average Bonchev–Trinajstić information content (AvgIpc) is 3.65. The van der Waals surface area contributed by atoms with Gasteiger partial charge in [-0.05, 0) is 92.3 Å². The van der Waals surface area contributed by atoms with Crippen LogP contribution < -0.4 is 4.90 Å². The highest BCUT2D eigenvalue weighted by Crippen LogP contribution is 2.43. The van der Waals surface area contributed by atoms with E-state index in [-0.39, 0.29) is 28.5 Å². The van der Waals surface area contributed by atoms with Crippen LogP contribution in [0.25, 0.3) is 76.5 Å². The van der Waals surface area contributed by atoms with Gasteiger partial charge < -0.3 is 9.32 Å². The molecule has 0 aliphatic carbocycles. The normalized spacial score (nSPS) is 13.6. The zero-order valence-electron chi connectivity index (χ0n) is 33.7. The molecule has 0 amide bonds. The molecule has 0 spiro atoms. The number of nitrogens with zero attached hydrogens (tertiary/aromatic N) is 1. The first-order valence-corrected chi connectivity index (χ1v) is 16.5. The van der Waals surface area contributed by atoms with Gasteiger partial charge >= 0.3 is 0 Å². The van der Waals surface area contributed by atoms with E-state index in [1.54, 1.807) is 4.90 Å². The lowest BCUT2D eigenvalue weighted by molar-refractivity contribution is 0.673. The fraction of sp³-hybridized carbons (Fsp3) is 0. The maximum Gasteiger partial charge on any atom is 0.143 e. The van der Waals surface area contributed by atoms with E-state index < -0.39 is 30.2 Å². The first kappa shape index (κ1) is 22.1. The zero-order valence-corrected chi connectivity index (χ0v) is 26.7. The molecule has 2 heteroatoms. The number of anilines is 3. The van der Waals surface area contributed by atoms with E-state index in [0.717, 1.165) is 65.7 Å². The predicted octanol–water partition coefficient (Wildman–Crippen LogP) is 13.8. The predicted molar refractivity (Wildman–Crippen MR) is 212 cm³/mol. The van der Waals surface area contributed by atoms with Crippen molar-refractivity contribution in [2.24, 2.45) is 0 Å². The van der Waals surface area contributed by atoms with Crippen LogP contribution in [0.5, 0.6) is 0 Å². The SMILES string of the molecule is [2H]c1c([2H])c([2H])c2c(N(c3ccc(-c4ccc5ccccc5c4)cc3)c3cccc(-c4cccc5oc6c7ccccc7ccc6c45)c3)c([2H])c([2H])c([2H])c2c1[2H]. The van der Waals surface area contributed by atoms with Crippen molar-refractivity contribution in [3.05, 3.63) is 188 Å². The Kier molecular flexibility index (Phi) is 5.08. The van der Waals surface area contributed by atoms with Gasteiger partial charge in [0.05, 0.1) is 15.3 Å². The Hall–Kier alpha value is -6.64. The number of hydrogen-bond donors (Lipinski definition) is 0. The van der Waals surface area contributed by atoms with Crippen LogP contribution >= 0.6 is 0 Å². The number of furan rings is 1. The molecule has 1 aromatic heterocycles. The maximum absolute atomic E-state index is 9.34. The Morgan fingerprint density at radius 1 is 0.440 bits per heavy atom. The minimum Gasteiger partial charge on any atom is -0.455 e. The minimum absolute atomic E-state index is 0.00539. The molecule has 0 aliphatic rings. The van der Waals surface area contributed by atoms with Crippen molar-refractivity contribution >= 4 is 71.3 Å².